The highest BCUT2D eigenvalue weighted by Gasteiger charge is 2.16. The molecule has 0 saturated heterocycles. The van der Waals surface area contributed by atoms with Crippen molar-refractivity contribution in [3.8, 4) is 0 Å². The monoisotopic (exact) mass is 341 g/mol. The number of amides is 1. The fourth-order valence-corrected chi connectivity index (χ4v) is 2.43. The zero-order chi connectivity index (χ0) is 14.0. The van der Waals surface area contributed by atoms with Gasteiger partial charge in [-0.1, -0.05) is 25.2 Å². The van der Waals surface area contributed by atoms with Crippen LogP contribution in [0.25, 0.3) is 0 Å². The molecule has 2 aromatic heterocycles. The van der Waals surface area contributed by atoms with Crippen LogP contribution in [0.15, 0.2) is 16.2 Å². The second-order valence-electron chi connectivity index (χ2n) is 4.11. The Labute approximate surface area is 122 Å². The van der Waals surface area contributed by atoms with Crippen LogP contribution in [0.5, 0.6) is 0 Å². The average Bonchev–Trinajstić information content (AvgIpc) is 2.74. The van der Waals surface area contributed by atoms with Crippen molar-refractivity contribution in [2.24, 2.45) is 0 Å². The first-order valence-corrected chi connectivity index (χ1v) is 7.13. The molecule has 0 aromatic carbocycles. The van der Waals surface area contributed by atoms with Crippen molar-refractivity contribution < 1.29 is 4.79 Å². The molecular weight excluding hydrogens is 330 g/mol. The predicted octanol–water partition coefficient (Wildman–Crippen LogP) is 2.65. The summed E-state index contributed by atoms with van der Waals surface area (Å²) in [5.74, 6) is 0.324. The average molecular weight is 342 g/mol. The molecule has 6 nitrogen and oxygen atoms in total. The number of carbonyl (C=O) groups is 1. The van der Waals surface area contributed by atoms with Crippen LogP contribution in [-0.4, -0.2) is 20.9 Å². The standard InChI is InChI=1S/C11H12BrN5OS/c1-5(2)9-14-3-6(13)8(16-9)10(18)17-11-15-4-7(12)19-11/h3-5H,13H2,1-2H3,(H,15,17,18). The predicted molar refractivity (Wildman–Crippen MR) is 78.3 cm³/mol. The Morgan fingerprint density at radius 1 is 1.42 bits per heavy atom. The van der Waals surface area contributed by atoms with Gasteiger partial charge < -0.3 is 5.73 Å². The van der Waals surface area contributed by atoms with Gasteiger partial charge in [-0.05, 0) is 15.9 Å². The SMILES string of the molecule is CC(C)c1ncc(N)c(C(=O)Nc2ncc(Br)s2)n1. The normalized spacial score (nSPS) is 10.7. The van der Waals surface area contributed by atoms with Crippen LogP contribution in [-0.2, 0) is 0 Å². The smallest absolute Gasteiger partial charge is 0.278 e. The van der Waals surface area contributed by atoms with Gasteiger partial charge in [0.1, 0.15) is 5.82 Å². The summed E-state index contributed by atoms with van der Waals surface area (Å²) in [6.07, 6.45) is 3.07. The number of anilines is 2. The number of thiazole rings is 1. The maximum absolute atomic E-state index is 12.1. The number of nitrogen functional groups attached to an aromatic ring is 1. The van der Waals surface area contributed by atoms with Crippen LogP contribution in [0, 0.1) is 0 Å². The second kappa shape index (κ2) is 5.62. The van der Waals surface area contributed by atoms with Crippen molar-refractivity contribution in [1.29, 1.82) is 0 Å². The molecule has 0 radical (unpaired) electrons. The zero-order valence-electron chi connectivity index (χ0n) is 10.3. The summed E-state index contributed by atoms with van der Waals surface area (Å²) in [6, 6.07) is 0. The van der Waals surface area contributed by atoms with E-state index < -0.39 is 0 Å². The molecule has 8 heteroatoms. The number of aromatic nitrogens is 3. The minimum absolute atomic E-state index is 0.126. The van der Waals surface area contributed by atoms with E-state index in [1.54, 1.807) is 6.20 Å². The van der Waals surface area contributed by atoms with Crippen LogP contribution < -0.4 is 11.1 Å². The Balaban J connectivity index is 2.25. The number of nitrogens with one attached hydrogen (secondary N) is 1. The minimum atomic E-state index is -0.386. The topological polar surface area (TPSA) is 93.8 Å². The minimum Gasteiger partial charge on any atom is -0.396 e. The molecule has 0 spiro atoms. The first-order valence-electron chi connectivity index (χ1n) is 5.52. The molecule has 0 aliphatic carbocycles. The molecule has 3 N–H and O–H groups in total. The maximum atomic E-state index is 12.1. The Hall–Kier alpha value is -1.54. The fraction of sp³-hybridized carbons (Fsp3) is 0.273. The highest BCUT2D eigenvalue weighted by molar-refractivity contribution is 9.11. The summed E-state index contributed by atoms with van der Waals surface area (Å²) < 4.78 is 0.835. The summed E-state index contributed by atoms with van der Waals surface area (Å²) in [4.78, 5) is 24.4. The summed E-state index contributed by atoms with van der Waals surface area (Å²) in [6.45, 7) is 3.90. The largest absolute Gasteiger partial charge is 0.396 e. The molecule has 2 rings (SSSR count). The van der Waals surface area contributed by atoms with E-state index in [9.17, 15) is 4.79 Å². The van der Waals surface area contributed by atoms with Crippen molar-refractivity contribution in [1.82, 2.24) is 15.0 Å². The number of nitrogens with zero attached hydrogens (tertiary/aromatic N) is 3. The molecule has 0 fully saturated rings. The lowest BCUT2D eigenvalue weighted by atomic mass is 10.2. The maximum Gasteiger partial charge on any atom is 0.278 e. The van der Waals surface area contributed by atoms with E-state index in [1.807, 2.05) is 13.8 Å². The Morgan fingerprint density at radius 2 is 2.16 bits per heavy atom. The van der Waals surface area contributed by atoms with Crippen LogP contribution in [0.2, 0.25) is 0 Å². The van der Waals surface area contributed by atoms with Gasteiger partial charge in [0, 0.05) is 5.92 Å². The van der Waals surface area contributed by atoms with Gasteiger partial charge in [0.15, 0.2) is 10.8 Å². The van der Waals surface area contributed by atoms with Crippen LogP contribution in [0.3, 0.4) is 0 Å². The number of nitrogens with two attached hydrogens (primary N) is 1. The molecule has 0 aliphatic heterocycles. The Morgan fingerprint density at radius 3 is 2.74 bits per heavy atom. The number of rotatable bonds is 3. The first kappa shape index (κ1) is 13.9. The van der Waals surface area contributed by atoms with Gasteiger partial charge in [0.2, 0.25) is 0 Å². The van der Waals surface area contributed by atoms with Gasteiger partial charge in [-0.2, -0.15) is 0 Å². The van der Waals surface area contributed by atoms with E-state index in [1.165, 1.54) is 17.5 Å². The third-order valence-electron chi connectivity index (χ3n) is 2.27. The molecule has 0 aliphatic rings. The molecule has 100 valence electrons. The van der Waals surface area contributed by atoms with Gasteiger partial charge >= 0.3 is 0 Å². The third kappa shape index (κ3) is 3.27. The molecule has 2 heterocycles. The van der Waals surface area contributed by atoms with Crippen molar-refractivity contribution in [3.63, 3.8) is 0 Å². The van der Waals surface area contributed by atoms with Crippen LogP contribution in [0.4, 0.5) is 10.8 Å². The Kier molecular flexibility index (Phi) is 4.11. The third-order valence-corrected chi connectivity index (χ3v) is 3.66. The van der Waals surface area contributed by atoms with Gasteiger partial charge in [-0.25, -0.2) is 15.0 Å². The Bertz CT molecular complexity index is 613. The van der Waals surface area contributed by atoms with E-state index in [0.717, 1.165) is 3.79 Å². The van der Waals surface area contributed by atoms with Crippen molar-refractivity contribution >= 4 is 44.0 Å². The van der Waals surface area contributed by atoms with Gasteiger partial charge in [0.25, 0.3) is 5.91 Å². The zero-order valence-corrected chi connectivity index (χ0v) is 12.7. The summed E-state index contributed by atoms with van der Waals surface area (Å²) >= 11 is 4.59. The highest BCUT2D eigenvalue weighted by atomic mass is 79.9. The van der Waals surface area contributed by atoms with Crippen molar-refractivity contribution in [2.75, 3.05) is 11.1 Å². The van der Waals surface area contributed by atoms with Crippen LogP contribution >= 0.6 is 27.3 Å². The highest BCUT2D eigenvalue weighted by Crippen LogP contribution is 2.24. The van der Waals surface area contributed by atoms with E-state index in [4.69, 9.17) is 5.73 Å². The van der Waals surface area contributed by atoms with Crippen LogP contribution in [0.1, 0.15) is 36.1 Å². The lowest BCUT2D eigenvalue weighted by molar-refractivity contribution is 0.102. The molecule has 0 atom stereocenters. The number of hydrogen-bond acceptors (Lipinski definition) is 6. The second-order valence-corrected chi connectivity index (χ2v) is 6.52. The quantitative estimate of drug-likeness (QED) is 0.894. The molecule has 0 bridgehead atoms. The lowest BCUT2D eigenvalue weighted by Gasteiger charge is -2.08. The summed E-state index contributed by atoms with van der Waals surface area (Å²) in [5.41, 5.74) is 6.16. The molecule has 2 aromatic rings. The van der Waals surface area contributed by atoms with Crippen molar-refractivity contribution in [3.05, 3.63) is 27.7 Å². The number of halogens is 1. The summed E-state index contributed by atoms with van der Waals surface area (Å²) in [7, 11) is 0. The van der Waals surface area contributed by atoms with E-state index >= 15 is 0 Å². The first-order chi connectivity index (χ1) is 8.97. The molecule has 0 saturated carbocycles. The molecule has 19 heavy (non-hydrogen) atoms. The number of hydrogen-bond donors (Lipinski definition) is 2. The number of carbonyl (C=O) groups excluding carboxylic acids is 1. The lowest BCUT2D eigenvalue weighted by Crippen LogP contribution is -2.17. The van der Waals surface area contributed by atoms with Gasteiger partial charge in [0.05, 0.1) is 21.9 Å². The van der Waals surface area contributed by atoms with Gasteiger partial charge in [-0.15, -0.1) is 0 Å². The molecule has 1 amide bonds. The van der Waals surface area contributed by atoms with E-state index in [0.29, 0.717) is 11.0 Å². The van der Waals surface area contributed by atoms with E-state index in [2.05, 4.69) is 36.2 Å². The van der Waals surface area contributed by atoms with E-state index in [-0.39, 0.29) is 23.2 Å². The van der Waals surface area contributed by atoms with Crippen molar-refractivity contribution in [2.45, 2.75) is 19.8 Å². The molecular formula is C11H12BrN5OS. The summed E-state index contributed by atoms with van der Waals surface area (Å²) in [5, 5.41) is 3.14. The fourth-order valence-electron chi connectivity index (χ4n) is 1.33. The van der Waals surface area contributed by atoms with Gasteiger partial charge in [-0.3, -0.25) is 10.1 Å². The molecule has 0 unspecified atom stereocenters.